The van der Waals surface area contributed by atoms with E-state index in [9.17, 15) is 13.2 Å². The van der Waals surface area contributed by atoms with Crippen LogP contribution >= 0.6 is 0 Å². The number of hydroxylamine groups is 2. The number of aliphatic imine (C=N–C) groups is 1. The summed E-state index contributed by atoms with van der Waals surface area (Å²) in [6.07, 6.45) is 5.33. The summed E-state index contributed by atoms with van der Waals surface area (Å²) in [5.41, 5.74) is 16.4. The van der Waals surface area contributed by atoms with Gasteiger partial charge in [0, 0.05) is 47.7 Å². The summed E-state index contributed by atoms with van der Waals surface area (Å²) >= 11 is 0. The Bertz CT molecular complexity index is 1480. The first-order valence-corrected chi connectivity index (χ1v) is 13.1. The third kappa shape index (κ3) is 6.39. The summed E-state index contributed by atoms with van der Waals surface area (Å²) in [7, 11) is -3.90. The lowest BCUT2D eigenvalue weighted by atomic mass is 10.0. The van der Waals surface area contributed by atoms with Gasteiger partial charge in [0.25, 0.3) is 5.91 Å². The molecule has 0 fully saturated rings. The summed E-state index contributed by atoms with van der Waals surface area (Å²) in [5, 5.41) is 6.58. The molecule has 0 spiro atoms. The van der Waals surface area contributed by atoms with Gasteiger partial charge >= 0.3 is 0 Å². The number of hydrogen-bond donors (Lipinski definition) is 3. The quantitative estimate of drug-likeness (QED) is 0.303. The lowest BCUT2D eigenvalue weighted by molar-refractivity contribution is -0.187. The van der Waals surface area contributed by atoms with Crippen LogP contribution in [0.15, 0.2) is 76.4 Å². The van der Waals surface area contributed by atoms with Crippen LogP contribution in [0.25, 0.3) is 17.2 Å². The second kappa shape index (κ2) is 10.9. The van der Waals surface area contributed by atoms with E-state index in [4.69, 9.17) is 21.4 Å². The Morgan fingerprint density at radius 2 is 1.81 bits per heavy atom. The van der Waals surface area contributed by atoms with E-state index in [-0.39, 0.29) is 29.7 Å². The zero-order valence-corrected chi connectivity index (χ0v) is 21.1. The van der Waals surface area contributed by atoms with E-state index in [0.29, 0.717) is 46.6 Å². The predicted octanol–water partition coefficient (Wildman–Crippen LogP) is 3.12. The number of amidine groups is 1. The number of carbonyl (C=O) groups excluding carboxylic acids is 1. The highest BCUT2D eigenvalue weighted by Crippen LogP contribution is 2.32. The highest BCUT2D eigenvalue weighted by atomic mass is 32.2. The van der Waals surface area contributed by atoms with Gasteiger partial charge in [-0.05, 0) is 47.9 Å². The van der Waals surface area contributed by atoms with E-state index in [0.717, 1.165) is 5.56 Å². The summed E-state index contributed by atoms with van der Waals surface area (Å²) in [5.74, 6) is -0.0284. The van der Waals surface area contributed by atoms with Gasteiger partial charge in [-0.3, -0.25) is 14.6 Å². The molecule has 1 aromatic heterocycles. The van der Waals surface area contributed by atoms with Crippen molar-refractivity contribution in [3.05, 3.63) is 77.6 Å². The number of pyridine rings is 1. The molecule has 6 N–H and O–H groups in total. The molecule has 0 unspecified atom stereocenters. The Morgan fingerprint density at radius 3 is 2.51 bits per heavy atom. The maximum atomic E-state index is 13.4. The molecule has 1 aliphatic rings. The molecule has 1 aliphatic heterocycles. The average molecular weight is 521 g/mol. The molecule has 11 heteroatoms. The molecule has 0 aliphatic carbocycles. The fraction of sp³-hybridized carbons (Fsp3) is 0.192. The molecule has 3 aromatic rings. The van der Waals surface area contributed by atoms with Crippen molar-refractivity contribution < 1.29 is 18.0 Å². The molecule has 4 rings (SSSR count). The van der Waals surface area contributed by atoms with Crippen LogP contribution in [0.3, 0.4) is 0 Å². The third-order valence-electron chi connectivity index (χ3n) is 5.67. The van der Waals surface area contributed by atoms with Crippen molar-refractivity contribution in [3.63, 3.8) is 0 Å². The number of carbonyl (C=O) groups is 1. The van der Waals surface area contributed by atoms with Crippen molar-refractivity contribution in [2.24, 2.45) is 15.9 Å². The van der Waals surface area contributed by atoms with Crippen molar-refractivity contribution in [2.75, 3.05) is 12.3 Å². The lowest BCUT2D eigenvalue weighted by Gasteiger charge is -2.22. The Kier molecular flexibility index (Phi) is 7.67. The molecular formula is C26H28N6O4S. The highest BCUT2D eigenvalue weighted by molar-refractivity contribution is 7.89. The van der Waals surface area contributed by atoms with Crippen molar-refractivity contribution in [3.8, 4) is 11.1 Å². The number of aromatic nitrogens is 1. The van der Waals surface area contributed by atoms with E-state index < -0.39 is 10.0 Å². The smallest absolute Gasteiger partial charge is 0.273 e. The molecule has 1 amide bonds. The van der Waals surface area contributed by atoms with E-state index >= 15 is 0 Å². The number of amides is 1. The average Bonchev–Trinajstić information content (AvgIpc) is 3.04. The molecule has 0 radical (unpaired) electrons. The fourth-order valence-electron chi connectivity index (χ4n) is 3.79. The van der Waals surface area contributed by atoms with Crippen LogP contribution in [0, 0.1) is 0 Å². The van der Waals surface area contributed by atoms with Crippen LogP contribution < -0.4 is 16.6 Å². The number of rotatable bonds is 8. The van der Waals surface area contributed by atoms with E-state index in [1.165, 1.54) is 23.5 Å². The summed E-state index contributed by atoms with van der Waals surface area (Å²) in [4.78, 5) is 27.7. The van der Waals surface area contributed by atoms with Crippen LogP contribution in [0.1, 0.15) is 30.9 Å². The monoisotopic (exact) mass is 520 g/mol. The number of sulfonamides is 1. The Hall–Kier alpha value is -4.06. The summed E-state index contributed by atoms with van der Waals surface area (Å²) in [6.45, 7) is 2.58. The van der Waals surface area contributed by atoms with E-state index in [2.05, 4.69) is 9.98 Å². The van der Waals surface area contributed by atoms with Gasteiger partial charge in [0.2, 0.25) is 10.0 Å². The number of benzene rings is 2. The van der Waals surface area contributed by atoms with Crippen molar-refractivity contribution in [2.45, 2.75) is 31.3 Å². The maximum absolute atomic E-state index is 13.4. The van der Waals surface area contributed by atoms with Gasteiger partial charge in [-0.1, -0.05) is 31.2 Å². The van der Waals surface area contributed by atoms with Gasteiger partial charge in [-0.25, -0.2) is 23.6 Å². The maximum Gasteiger partial charge on any atom is 0.273 e. The normalized spacial score (nSPS) is 13.2. The van der Waals surface area contributed by atoms with Gasteiger partial charge in [-0.2, -0.15) is 0 Å². The van der Waals surface area contributed by atoms with Crippen molar-refractivity contribution >= 4 is 39.2 Å². The van der Waals surface area contributed by atoms with Crippen molar-refractivity contribution in [1.29, 1.82) is 0 Å². The molecule has 192 valence electrons. The molecule has 10 nitrogen and oxygen atoms in total. The van der Waals surface area contributed by atoms with Gasteiger partial charge in [0.15, 0.2) is 0 Å². The molecule has 0 bridgehead atoms. The minimum Gasteiger partial charge on any atom is -0.399 e. The number of fused-ring (bicyclic) bond motifs is 1. The molecular weight excluding hydrogens is 492 g/mol. The van der Waals surface area contributed by atoms with Crippen LogP contribution in [-0.2, 0) is 26.3 Å². The summed E-state index contributed by atoms with van der Waals surface area (Å²) < 4.78 is 23.4. The fourth-order valence-corrected chi connectivity index (χ4v) is 4.29. The lowest BCUT2D eigenvalue weighted by Crippen LogP contribution is -2.34. The Balaban J connectivity index is 1.61. The number of nitrogen functional groups attached to an aromatic ring is 1. The molecule has 0 saturated heterocycles. The van der Waals surface area contributed by atoms with Crippen LogP contribution in [0.2, 0.25) is 0 Å². The zero-order chi connectivity index (χ0) is 26.6. The first kappa shape index (κ1) is 26.0. The molecule has 2 aromatic carbocycles. The number of anilines is 1. The zero-order valence-electron chi connectivity index (χ0n) is 20.3. The summed E-state index contributed by atoms with van der Waals surface area (Å²) in [6, 6.07) is 14.0. The second-order valence-corrected chi connectivity index (χ2v) is 10.2. The standard InChI is InChI=1S/C26H28N6O4S/c1-2-9-32(36-16-17-3-7-22(27)8-4-17)26(33)20-10-19-6-5-18(12-24(19)31-25(28)13-20)21-11-23(15-30-14-21)37(29,34)35/h3-8,10-12,14-15H,2,9,13,16,27H2,1H3,(H2,28,31)(H2,29,34,35). The predicted molar refractivity (Wildman–Crippen MR) is 143 cm³/mol. The van der Waals surface area contributed by atoms with Gasteiger partial charge in [0.05, 0.1) is 5.69 Å². The highest BCUT2D eigenvalue weighted by Gasteiger charge is 2.22. The number of hydrogen-bond acceptors (Lipinski definition) is 8. The second-order valence-electron chi connectivity index (χ2n) is 8.60. The van der Waals surface area contributed by atoms with E-state index in [1.807, 2.05) is 19.1 Å². The largest absolute Gasteiger partial charge is 0.399 e. The molecule has 0 saturated carbocycles. The van der Waals surface area contributed by atoms with Gasteiger partial charge in [-0.15, -0.1) is 0 Å². The minimum absolute atomic E-state index is 0.0919. The van der Waals surface area contributed by atoms with Gasteiger partial charge < -0.3 is 11.5 Å². The Labute approximate surface area is 215 Å². The third-order valence-corrected chi connectivity index (χ3v) is 6.55. The van der Waals surface area contributed by atoms with Crippen LogP contribution in [0.4, 0.5) is 11.4 Å². The number of nitrogens with zero attached hydrogens (tertiary/aromatic N) is 3. The SMILES string of the molecule is CCCN(OCc1ccc(N)cc1)C(=O)C1=Cc2ccc(-c3cncc(S(N)(=O)=O)c3)cc2N=C(N)C1. The van der Waals surface area contributed by atoms with E-state index in [1.54, 1.807) is 36.4 Å². The Morgan fingerprint density at radius 1 is 1.05 bits per heavy atom. The molecule has 2 heterocycles. The molecule has 37 heavy (non-hydrogen) atoms. The number of primary sulfonamides is 1. The first-order valence-electron chi connectivity index (χ1n) is 11.6. The van der Waals surface area contributed by atoms with Crippen LogP contribution in [0.5, 0.6) is 0 Å². The first-order chi connectivity index (χ1) is 17.6. The minimum atomic E-state index is -3.90. The number of nitrogens with two attached hydrogens (primary N) is 3. The van der Waals surface area contributed by atoms with Crippen LogP contribution in [-0.4, -0.2) is 36.8 Å². The molecule has 0 atom stereocenters. The van der Waals surface area contributed by atoms with Crippen molar-refractivity contribution in [1.82, 2.24) is 10.0 Å². The topological polar surface area (TPSA) is 167 Å². The van der Waals surface area contributed by atoms with Gasteiger partial charge in [0.1, 0.15) is 17.3 Å².